The molecule has 7 nitrogen and oxygen atoms in total. The Bertz CT molecular complexity index is 1370. The van der Waals surface area contributed by atoms with Crippen molar-refractivity contribution in [2.45, 2.75) is 59.5 Å². The van der Waals surface area contributed by atoms with Crippen molar-refractivity contribution in [2.24, 2.45) is 0 Å². The second-order valence-electron chi connectivity index (χ2n) is 8.48. The summed E-state index contributed by atoms with van der Waals surface area (Å²) in [7, 11) is 0. The van der Waals surface area contributed by atoms with E-state index in [-0.39, 0.29) is 5.56 Å². The Kier molecular flexibility index (Phi) is 7.98. The number of anilines is 1. The van der Waals surface area contributed by atoms with Crippen LogP contribution in [0.3, 0.4) is 0 Å². The Labute approximate surface area is 210 Å². The number of nitrogens with zero attached hydrogens (tertiary/aromatic N) is 6. The largest absolute Gasteiger partial charge is 0.357 e. The molecule has 1 aliphatic rings. The number of aromatic nitrogens is 4. The lowest BCUT2D eigenvalue weighted by Crippen LogP contribution is -2.32. The molecule has 0 saturated carbocycles. The standard InChI is InChI=1S/C25H26N6OS.C2H6/c1-18-21(33-17-28-18)10-13-30-16-27-22-20(14-26)24(29-11-6-3-7-12-29)31(23(22)25(30)32)15-19-8-4-2-5-9-19;1-2/h2,4-5,8-9,16-17H,3,6-7,10-13,15H2,1H3;1-2H3. The van der Waals surface area contributed by atoms with Gasteiger partial charge in [-0.15, -0.1) is 11.3 Å². The van der Waals surface area contributed by atoms with Gasteiger partial charge in [0.2, 0.25) is 0 Å². The average molecular weight is 489 g/mol. The van der Waals surface area contributed by atoms with Crippen LogP contribution in [0.15, 0.2) is 47.0 Å². The molecule has 0 bridgehead atoms. The van der Waals surface area contributed by atoms with Crippen LogP contribution >= 0.6 is 11.3 Å². The zero-order chi connectivity index (χ0) is 24.8. The second kappa shape index (κ2) is 11.3. The fourth-order valence-electron chi connectivity index (χ4n) is 4.66. The van der Waals surface area contributed by atoms with Gasteiger partial charge < -0.3 is 9.47 Å². The lowest BCUT2D eigenvalue weighted by molar-refractivity contribution is 0.564. The molecule has 0 amide bonds. The highest BCUT2D eigenvalue weighted by molar-refractivity contribution is 7.09. The molecule has 8 heteroatoms. The number of benzene rings is 1. The van der Waals surface area contributed by atoms with Gasteiger partial charge in [-0.1, -0.05) is 44.2 Å². The van der Waals surface area contributed by atoms with Crippen LogP contribution in [-0.4, -0.2) is 32.2 Å². The first-order valence-electron chi connectivity index (χ1n) is 12.4. The number of hydrogen-bond acceptors (Lipinski definition) is 6. The fourth-order valence-corrected chi connectivity index (χ4v) is 5.43. The maximum Gasteiger partial charge on any atom is 0.277 e. The molecule has 0 aliphatic carbocycles. The van der Waals surface area contributed by atoms with E-state index in [1.807, 2.05) is 49.0 Å². The Balaban J connectivity index is 0.00000141. The summed E-state index contributed by atoms with van der Waals surface area (Å²) in [5, 5.41) is 10.1. The van der Waals surface area contributed by atoms with E-state index in [2.05, 4.69) is 33.1 Å². The van der Waals surface area contributed by atoms with Crippen LogP contribution in [0, 0.1) is 18.3 Å². The molecule has 3 aromatic heterocycles. The zero-order valence-electron chi connectivity index (χ0n) is 20.7. The highest BCUT2D eigenvalue weighted by Gasteiger charge is 2.27. The average Bonchev–Trinajstić information content (AvgIpc) is 3.46. The maximum absolute atomic E-state index is 13.7. The number of rotatable bonds is 6. The fraction of sp³-hybridized carbons (Fsp3) is 0.407. The molecule has 4 heterocycles. The first-order chi connectivity index (χ1) is 17.2. The number of hydrogen-bond donors (Lipinski definition) is 0. The van der Waals surface area contributed by atoms with Crippen LogP contribution in [0.25, 0.3) is 11.0 Å². The van der Waals surface area contributed by atoms with Gasteiger partial charge in [-0.05, 0) is 31.7 Å². The van der Waals surface area contributed by atoms with Crippen molar-refractivity contribution < 1.29 is 0 Å². The molecular formula is C27H32N6OS. The Hall–Kier alpha value is -3.44. The lowest BCUT2D eigenvalue weighted by Gasteiger charge is -2.30. The molecule has 1 aliphatic heterocycles. The highest BCUT2D eigenvalue weighted by atomic mass is 32.1. The molecule has 0 radical (unpaired) electrons. The summed E-state index contributed by atoms with van der Waals surface area (Å²) in [6.45, 7) is 8.82. The van der Waals surface area contributed by atoms with Crippen molar-refractivity contribution in [2.75, 3.05) is 18.0 Å². The van der Waals surface area contributed by atoms with Crippen LogP contribution in [0.1, 0.15) is 54.8 Å². The number of aryl methyl sites for hydroxylation is 3. The lowest BCUT2D eigenvalue weighted by atomic mass is 10.1. The number of fused-ring (bicyclic) bond motifs is 1. The highest BCUT2D eigenvalue weighted by Crippen LogP contribution is 2.32. The van der Waals surface area contributed by atoms with Gasteiger partial charge in [0, 0.05) is 37.5 Å². The van der Waals surface area contributed by atoms with Crippen molar-refractivity contribution in [1.82, 2.24) is 19.1 Å². The van der Waals surface area contributed by atoms with E-state index in [1.165, 1.54) is 11.3 Å². The Morgan fingerprint density at radius 2 is 1.83 bits per heavy atom. The second-order valence-corrected chi connectivity index (χ2v) is 9.42. The molecule has 0 unspecified atom stereocenters. The number of thiazole rings is 1. The molecule has 0 N–H and O–H groups in total. The SMILES string of the molecule is CC.Cc1ncsc1CCn1cnc2c(C#N)c(N3CCCCC3)n(Cc3ccccc3)c2c1=O. The molecule has 182 valence electrons. The van der Waals surface area contributed by atoms with E-state index in [1.54, 1.807) is 22.2 Å². The first-order valence-corrected chi connectivity index (χ1v) is 13.2. The summed E-state index contributed by atoms with van der Waals surface area (Å²) in [5.41, 5.74) is 5.36. The van der Waals surface area contributed by atoms with Crippen LogP contribution in [0.4, 0.5) is 5.82 Å². The minimum atomic E-state index is -0.0992. The van der Waals surface area contributed by atoms with Gasteiger partial charge in [0.25, 0.3) is 5.56 Å². The summed E-state index contributed by atoms with van der Waals surface area (Å²) in [5.74, 6) is 0.830. The molecule has 0 spiro atoms. The molecule has 1 fully saturated rings. The monoisotopic (exact) mass is 488 g/mol. The molecule has 4 aromatic rings. The summed E-state index contributed by atoms with van der Waals surface area (Å²) >= 11 is 1.61. The van der Waals surface area contributed by atoms with Gasteiger partial charge in [0.15, 0.2) is 0 Å². The van der Waals surface area contributed by atoms with Crippen molar-refractivity contribution in [3.63, 3.8) is 0 Å². The van der Waals surface area contributed by atoms with Crippen LogP contribution in [0.2, 0.25) is 0 Å². The molecule has 1 aromatic carbocycles. The molecule has 1 saturated heterocycles. The Morgan fingerprint density at radius 3 is 2.49 bits per heavy atom. The van der Waals surface area contributed by atoms with E-state index in [9.17, 15) is 10.1 Å². The third-order valence-electron chi connectivity index (χ3n) is 6.38. The van der Waals surface area contributed by atoms with Gasteiger partial charge in [-0.25, -0.2) is 9.97 Å². The Morgan fingerprint density at radius 1 is 1.09 bits per heavy atom. The van der Waals surface area contributed by atoms with Gasteiger partial charge in [-0.2, -0.15) is 5.26 Å². The quantitative estimate of drug-likeness (QED) is 0.375. The third-order valence-corrected chi connectivity index (χ3v) is 7.37. The van der Waals surface area contributed by atoms with Crippen molar-refractivity contribution in [3.05, 3.63) is 74.2 Å². The van der Waals surface area contributed by atoms with Crippen LogP contribution < -0.4 is 10.5 Å². The van der Waals surface area contributed by atoms with Gasteiger partial charge in [0.1, 0.15) is 28.5 Å². The summed E-state index contributed by atoms with van der Waals surface area (Å²) < 4.78 is 3.70. The zero-order valence-corrected chi connectivity index (χ0v) is 21.5. The van der Waals surface area contributed by atoms with E-state index in [0.717, 1.165) is 49.4 Å². The summed E-state index contributed by atoms with van der Waals surface area (Å²) in [4.78, 5) is 26.1. The van der Waals surface area contributed by atoms with Crippen molar-refractivity contribution in [3.8, 4) is 6.07 Å². The van der Waals surface area contributed by atoms with Crippen LogP contribution in [-0.2, 0) is 19.5 Å². The first kappa shape index (κ1) is 24.7. The molecular weight excluding hydrogens is 456 g/mol. The van der Waals surface area contributed by atoms with E-state index in [4.69, 9.17) is 0 Å². The van der Waals surface area contributed by atoms with Gasteiger partial charge >= 0.3 is 0 Å². The van der Waals surface area contributed by atoms with E-state index >= 15 is 0 Å². The summed E-state index contributed by atoms with van der Waals surface area (Å²) in [6.07, 6.45) is 5.69. The smallest absolute Gasteiger partial charge is 0.277 e. The predicted octanol–water partition coefficient (Wildman–Crippen LogP) is 5.14. The van der Waals surface area contributed by atoms with Crippen molar-refractivity contribution in [1.29, 1.82) is 5.26 Å². The van der Waals surface area contributed by atoms with E-state index in [0.29, 0.717) is 29.7 Å². The number of nitriles is 1. The van der Waals surface area contributed by atoms with Crippen molar-refractivity contribution >= 4 is 28.2 Å². The topological polar surface area (TPSA) is 79.7 Å². The normalized spacial score (nSPS) is 13.4. The maximum atomic E-state index is 13.7. The number of piperidine rings is 1. The molecule has 5 rings (SSSR count). The molecule has 0 atom stereocenters. The third kappa shape index (κ3) is 5.01. The molecule has 35 heavy (non-hydrogen) atoms. The van der Waals surface area contributed by atoms with Gasteiger partial charge in [-0.3, -0.25) is 9.36 Å². The van der Waals surface area contributed by atoms with E-state index < -0.39 is 0 Å². The van der Waals surface area contributed by atoms with Crippen LogP contribution in [0.5, 0.6) is 0 Å². The minimum absolute atomic E-state index is 0.0992. The van der Waals surface area contributed by atoms with Gasteiger partial charge in [0.05, 0.1) is 17.5 Å². The predicted molar refractivity (Wildman–Crippen MR) is 142 cm³/mol. The minimum Gasteiger partial charge on any atom is -0.357 e. The summed E-state index contributed by atoms with van der Waals surface area (Å²) in [6, 6.07) is 12.5.